The molecular weight excluding hydrogens is 371 g/mol. The molecule has 1 atom stereocenters. The van der Waals surface area contributed by atoms with E-state index in [-0.39, 0.29) is 17.6 Å². The molecule has 0 bridgehead atoms. The summed E-state index contributed by atoms with van der Waals surface area (Å²) < 4.78 is 12.9. The lowest BCUT2D eigenvalue weighted by atomic mass is 9.97. The molecule has 1 unspecified atom stereocenters. The monoisotopic (exact) mass is 396 g/mol. The first kappa shape index (κ1) is 20.5. The van der Waals surface area contributed by atoms with Gasteiger partial charge in [0.05, 0.1) is 18.2 Å². The molecule has 1 heterocycles. The highest BCUT2D eigenvalue weighted by Gasteiger charge is 2.34. The number of urea groups is 1. The van der Waals surface area contributed by atoms with Crippen LogP contribution in [-0.4, -0.2) is 29.2 Å². The van der Waals surface area contributed by atoms with Gasteiger partial charge in [-0.25, -0.2) is 14.2 Å². The number of amides is 3. The largest absolute Gasteiger partial charge is 0.338 e. The number of rotatable bonds is 7. The van der Waals surface area contributed by atoms with Crippen LogP contribution in [0.15, 0.2) is 53.6 Å². The molecule has 2 aromatic carbocycles. The predicted octanol–water partition coefficient (Wildman–Crippen LogP) is 4.07. The zero-order valence-corrected chi connectivity index (χ0v) is 16.6. The van der Waals surface area contributed by atoms with E-state index in [4.69, 9.17) is 0 Å². The number of hydrogen-bond acceptors (Lipinski definition) is 3. The minimum Gasteiger partial charge on any atom is -0.338 e. The lowest BCUT2D eigenvalue weighted by Gasteiger charge is -2.16. The van der Waals surface area contributed by atoms with E-state index in [9.17, 15) is 14.0 Å². The van der Waals surface area contributed by atoms with Gasteiger partial charge in [-0.3, -0.25) is 4.79 Å². The van der Waals surface area contributed by atoms with Gasteiger partial charge in [0.15, 0.2) is 0 Å². The van der Waals surface area contributed by atoms with Crippen molar-refractivity contribution in [3.63, 3.8) is 0 Å². The average Bonchev–Trinajstić information content (AvgIpc) is 3.00. The van der Waals surface area contributed by atoms with E-state index in [0.29, 0.717) is 31.6 Å². The number of carbonyl (C=O) groups is 2. The molecule has 29 heavy (non-hydrogen) atoms. The van der Waals surface area contributed by atoms with Gasteiger partial charge in [0.25, 0.3) is 5.91 Å². The summed E-state index contributed by atoms with van der Waals surface area (Å²) in [6.07, 6.45) is 1.16. The molecule has 0 aromatic heterocycles. The Labute approximate surface area is 169 Å². The van der Waals surface area contributed by atoms with E-state index in [1.165, 1.54) is 29.3 Å². The van der Waals surface area contributed by atoms with E-state index in [2.05, 4.69) is 15.7 Å². The third-order valence-electron chi connectivity index (χ3n) is 4.97. The van der Waals surface area contributed by atoms with E-state index in [0.717, 1.165) is 16.8 Å². The highest BCUT2D eigenvalue weighted by molar-refractivity contribution is 6.07. The van der Waals surface area contributed by atoms with E-state index in [1.807, 2.05) is 38.1 Å². The van der Waals surface area contributed by atoms with E-state index >= 15 is 0 Å². The summed E-state index contributed by atoms with van der Waals surface area (Å²) in [5, 5.41) is 11.4. The van der Waals surface area contributed by atoms with Crippen LogP contribution in [0.25, 0.3) is 0 Å². The highest BCUT2D eigenvalue weighted by Crippen LogP contribution is 2.23. The Kier molecular flexibility index (Phi) is 6.59. The van der Waals surface area contributed by atoms with Crippen LogP contribution in [0, 0.1) is 18.7 Å². The van der Waals surface area contributed by atoms with Crippen LogP contribution in [0.1, 0.15) is 30.9 Å². The maximum absolute atomic E-state index is 12.9. The number of hydrogen-bond donors (Lipinski definition) is 2. The highest BCUT2D eigenvalue weighted by atomic mass is 19.1. The Balaban J connectivity index is 1.53. The fourth-order valence-corrected chi connectivity index (χ4v) is 3.30. The Morgan fingerprint density at radius 2 is 1.90 bits per heavy atom. The minimum atomic E-state index is -0.395. The van der Waals surface area contributed by atoms with Crippen LogP contribution in [0.4, 0.5) is 14.9 Å². The van der Waals surface area contributed by atoms with Crippen LogP contribution in [0.3, 0.4) is 0 Å². The Hall–Kier alpha value is -3.22. The average molecular weight is 396 g/mol. The maximum Gasteiger partial charge on any atom is 0.319 e. The van der Waals surface area contributed by atoms with E-state index < -0.39 is 6.03 Å². The third-order valence-corrected chi connectivity index (χ3v) is 4.97. The molecular formula is C22H25FN4O2. The van der Waals surface area contributed by atoms with Gasteiger partial charge in [-0.1, -0.05) is 31.2 Å². The molecule has 152 valence electrons. The van der Waals surface area contributed by atoms with Gasteiger partial charge in [-0.05, 0) is 55.2 Å². The molecule has 3 amide bonds. The quantitative estimate of drug-likeness (QED) is 0.740. The fourth-order valence-electron chi connectivity index (χ4n) is 3.30. The van der Waals surface area contributed by atoms with Gasteiger partial charge in [-0.15, -0.1) is 0 Å². The van der Waals surface area contributed by atoms with E-state index in [1.54, 1.807) is 0 Å². The molecule has 6 nitrogen and oxygen atoms in total. The van der Waals surface area contributed by atoms with Gasteiger partial charge in [0.1, 0.15) is 5.82 Å². The van der Waals surface area contributed by atoms with Crippen LogP contribution >= 0.6 is 0 Å². The summed E-state index contributed by atoms with van der Waals surface area (Å²) >= 11 is 0. The number of benzene rings is 2. The van der Waals surface area contributed by atoms with Gasteiger partial charge in [0, 0.05) is 12.2 Å². The van der Waals surface area contributed by atoms with Gasteiger partial charge >= 0.3 is 6.03 Å². The second-order valence-corrected chi connectivity index (χ2v) is 7.00. The minimum absolute atomic E-state index is 0.0363. The molecule has 1 aliphatic heterocycles. The van der Waals surface area contributed by atoms with Crippen molar-refractivity contribution >= 4 is 23.3 Å². The first-order valence-corrected chi connectivity index (χ1v) is 9.71. The smallest absolute Gasteiger partial charge is 0.319 e. The van der Waals surface area contributed by atoms with Crippen molar-refractivity contribution in [3.8, 4) is 0 Å². The second-order valence-electron chi connectivity index (χ2n) is 7.00. The summed E-state index contributed by atoms with van der Waals surface area (Å²) in [7, 11) is 0. The van der Waals surface area contributed by atoms with Gasteiger partial charge in [-0.2, -0.15) is 5.10 Å². The standard InChI is InChI=1S/C22H25FN4O2/c1-3-20-19(12-13-24-22(29)25-18-10-8-17(23)9-11-18)21(28)27(26-20)14-16-7-5-4-6-15(16)2/h4-11,19H,3,12-14H2,1-2H3,(H2,24,25,29). The van der Waals surface area contributed by atoms with Crippen LogP contribution in [0.5, 0.6) is 0 Å². The summed E-state index contributed by atoms with van der Waals surface area (Å²) in [6.45, 7) is 4.77. The van der Waals surface area contributed by atoms with Crippen molar-refractivity contribution in [2.45, 2.75) is 33.2 Å². The number of carbonyl (C=O) groups excluding carboxylic acids is 2. The van der Waals surface area contributed by atoms with Crippen LogP contribution in [-0.2, 0) is 11.3 Å². The molecule has 0 radical (unpaired) electrons. The molecule has 7 heteroatoms. The van der Waals surface area contributed by atoms with Crippen molar-refractivity contribution in [3.05, 3.63) is 65.5 Å². The Bertz CT molecular complexity index is 911. The maximum atomic E-state index is 12.9. The Morgan fingerprint density at radius 3 is 2.59 bits per heavy atom. The molecule has 0 aliphatic carbocycles. The summed E-state index contributed by atoms with van der Waals surface area (Å²) in [4.78, 5) is 24.8. The molecule has 2 N–H and O–H groups in total. The summed E-state index contributed by atoms with van der Waals surface area (Å²) in [5.74, 6) is -0.724. The Morgan fingerprint density at radius 1 is 1.17 bits per heavy atom. The topological polar surface area (TPSA) is 73.8 Å². The first-order valence-electron chi connectivity index (χ1n) is 9.71. The number of nitrogens with zero attached hydrogens (tertiary/aromatic N) is 2. The molecule has 0 saturated heterocycles. The van der Waals surface area contributed by atoms with Crippen molar-refractivity contribution in [2.24, 2.45) is 11.0 Å². The fraction of sp³-hybridized carbons (Fsp3) is 0.318. The zero-order valence-electron chi connectivity index (χ0n) is 16.6. The first-order chi connectivity index (χ1) is 14.0. The normalized spacial score (nSPS) is 16.0. The van der Waals surface area contributed by atoms with Crippen LogP contribution in [0.2, 0.25) is 0 Å². The van der Waals surface area contributed by atoms with Crippen molar-refractivity contribution in [2.75, 3.05) is 11.9 Å². The van der Waals surface area contributed by atoms with Crippen molar-refractivity contribution < 1.29 is 14.0 Å². The lowest BCUT2D eigenvalue weighted by molar-refractivity contribution is -0.132. The SMILES string of the molecule is CCC1=NN(Cc2ccccc2C)C(=O)C1CCNC(=O)Nc1ccc(F)cc1. The molecule has 0 spiro atoms. The second kappa shape index (κ2) is 9.32. The molecule has 1 aliphatic rings. The number of anilines is 1. The predicted molar refractivity (Wildman–Crippen MR) is 111 cm³/mol. The molecule has 0 fully saturated rings. The van der Waals surface area contributed by atoms with Gasteiger partial charge < -0.3 is 10.6 Å². The summed E-state index contributed by atoms with van der Waals surface area (Å²) in [5.41, 5.74) is 3.53. The number of aryl methyl sites for hydroxylation is 1. The van der Waals surface area contributed by atoms with Crippen molar-refractivity contribution in [1.82, 2.24) is 10.3 Å². The molecule has 2 aromatic rings. The molecule has 0 saturated carbocycles. The van der Waals surface area contributed by atoms with Gasteiger partial charge in [0.2, 0.25) is 0 Å². The summed E-state index contributed by atoms with van der Waals surface area (Å²) in [6, 6.07) is 13.1. The number of hydrazone groups is 1. The number of nitrogens with one attached hydrogen (secondary N) is 2. The molecule has 3 rings (SSSR count). The zero-order chi connectivity index (χ0) is 20.8. The van der Waals surface area contributed by atoms with Crippen molar-refractivity contribution in [1.29, 1.82) is 0 Å². The third kappa shape index (κ3) is 5.19. The lowest BCUT2D eigenvalue weighted by Crippen LogP contribution is -2.34. The van der Waals surface area contributed by atoms with Crippen LogP contribution < -0.4 is 10.6 Å². The number of halogens is 1.